The Balaban J connectivity index is 1.32. The maximum Gasteiger partial charge on any atom is 0.240 e. The molecule has 1 saturated heterocycles. The summed E-state index contributed by atoms with van der Waals surface area (Å²) in [7, 11) is -3.61. The van der Waals surface area contributed by atoms with Crippen LogP contribution in [0.5, 0.6) is 5.75 Å². The van der Waals surface area contributed by atoms with E-state index in [-0.39, 0.29) is 41.9 Å². The van der Waals surface area contributed by atoms with Gasteiger partial charge in [-0.3, -0.25) is 0 Å². The zero-order valence-corrected chi connectivity index (χ0v) is 24.2. The molecule has 4 atom stereocenters. The van der Waals surface area contributed by atoms with Gasteiger partial charge in [-0.15, -0.1) is 11.8 Å². The summed E-state index contributed by atoms with van der Waals surface area (Å²) in [4.78, 5) is 1.26. The Labute approximate surface area is 245 Å². The number of hydrogen-bond donors (Lipinski definition) is 3. The monoisotopic (exact) mass is 591 g/mol. The number of ether oxygens (including phenoxy) is 2. The van der Waals surface area contributed by atoms with Gasteiger partial charge in [0.05, 0.1) is 23.7 Å². The lowest BCUT2D eigenvalue weighted by Gasteiger charge is -2.41. The van der Waals surface area contributed by atoms with Crippen molar-refractivity contribution in [2.75, 3.05) is 5.75 Å². The molecule has 41 heavy (non-hydrogen) atoms. The van der Waals surface area contributed by atoms with Gasteiger partial charge in [0.15, 0.2) is 6.29 Å². The first-order chi connectivity index (χ1) is 19.8. The van der Waals surface area contributed by atoms with E-state index in [1.54, 1.807) is 54.2 Å². The predicted molar refractivity (Wildman–Crippen MR) is 159 cm³/mol. The minimum absolute atomic E-state index is 0.0210. The van der Waals surface area contributed by atoms with Gasteiger partial charge in [-0.05, 0) is 53.1 Å². The number of rotatable bonds is 10. The zero-order valence-electron chi connectivity index (χ0n) is 22.6. The number of nitrogens with one attached hydrogen (secondary N) is 1. The van der Waals surface area contributed by atoms with Crippen LogP contribution in [0, 0.1) is 5.92 Å². The van der Waals surface area contributed by atoms with Crippen LogP contribution in [0.25, 0.3) is 0 Å². The lowest BCUT2D eigenvalue weighted by molar-refractivity contribution is -0.268. The van der Waals surface area contributed by atoms with Gasteiger partial charge in [-0.1, -0.05) is 73.7 Å². The third-order valence-corrected chi connectivity index (χ3v) is 9.66. The molecule has 7 nitrogen and oxygen atoms in total. The maximum absolute atomic E-state index is 12.6. The van der Waals surface area contributed by atoms with Crippen LogP contribution in [0.3, 0.4) is 0 Å². The number of aliphatic hydroxyl groups is 1. The van der Waals surface area contributed by atoms with Gasteiger partial charge in [-0.2, -0.15) is 0 Å². The summed E-state index contributed by atoms with van der Waals surface area (Å²) in [5.41, 5.74) is 3.49. The standard InChI is InChI=1S/C32H33NO6S2/c1-22-30(21-40-28-17-15-27(35)16-18-28)38-32(39-31(22)25-11-9-24(20-34)10-12-25)26-13-7-23(8-14-26)19-33-41(36,37)29-5-3-2-4-6-29/h2-18,22,30-35H,19-21H2,1H3. The first-order valence-electron chi connectivity index (χ1n) is 13.4. The summed E-state index contributed by atoms with van der Waals surface area (Å²) in [6.45, 7) is 2.25. The molecule has 214 valence electrons. The summed E-state index contributed by atoms with van der Waals surface area (Å²) in [6, 6.07) is 30.8. The number of phenols is 1. The molecule has 0 radical (unpaired) electrons. The highest BCUT2D eigenvalue weighted by Crippen LogP contribution is 2.43. The van der Waals surface area contributed by atoms with E-state index in [0.717, 1.165) is 27.1 Å². The molecule has 0 spiro atoms. The third kappa shape index (κ3) is 7.37. The number of sulfonamides is 1. The van der Waals surface area contributed by atoms with E-state index in [4.69, 9.17) is 9.47 Å². The Bertz CT molecular complexity index is 1510. The Morgan fingerprint density at radius 2 is 1.44 bits per heavy atom. The quantitative estimate of drug-likeness (QED) is 0.196. The van der Waals surface area contributed by atoms with Crippen molar-refractivity contribution >= 4 is 21.8 Å². The van der Waals surface area contributed by atoms with Crippen LogP contribution in [-0.4, -0.2) is 30.5 Å². The van der Waals surface area contributed by atoms with Crippen molar-refractivity contribution in [3.8, 4) is 5.75 Å². The van der Waals surface area contributed by atoms with E-state index < -0.39 is 16.3 Å². The SMILES string of the molecule is CC1C(CSc2ccc(O)cc2)OC(c2ccc(CNS(=O)(=O)c3ccccc3)cc2)OC1c1ccc(CO)cc1. The molecular formula is C32H33NO6S2. The molecule has 0 amide bonds. The van der Waals surface area contributed by atoms with Crippen molar-refractivity contribution in [2.45, 2.75) is 48.4 Å². The molecule has 1 fully saturated rings. The molecule has 5 rings (SSSR count). The van der Waals surface area contributed by atoms with Gasteiger partial charge in [0.1, 0.15) is 5.75 Å². The Morgan fingerprint density at radius 1 is 0.805 bits per heavy atom. The second kappa shape index (κ2) is 13.2. The minimum Gasteiger partial charge on any atom is -0.508 e. The van der Waals surface area contributed by atoms with Crippen molar-refractivity contribution in [3.05, 3.63) is 125 Å². The first-order valence-corrected chi connectivity index (χ1v) is 15.9. The fourth-order valence-electron chi connectivity index (χ4n) is 4.68. The van der Waals surface area contributed by atoms with Gasteiger partial charge >= 0.3 is 0 Å². The third-order valence-electron chi connectivity index (χ3n) is 7.15. The first kappa shape index (κ1) is 29.3. The summed E-state index contributed by atoms with van der Waals surface area (Å²) in [5, 5.41) is 19.1. The van der Waals surface area contributed by atoms with Crippen LogP contribution in [0.15, 0.2) is 113 Å². The van der Waals surface area contributed by atoms with Crippen molar-refractivity contribution in [1.82, 2.24) is 4.72 Å². The number of benzene rings is 4. The molecule has 0 aliphatic carbocycles. The summed E-state index contributed by atoms with van der Waals surface area (Å²) >= 11 is 1.66. The van der Waals surface area contributed by atoms with Crippen LogP contribution in [0.2, 0.25) is 0 Å². The Morgan fingerprint density at radius 3 is 2.10 bits per heavy atom. The molecule has 0 aromatic heterocycles. The molecule has 1 heterocycles. The van der Waals surface area contributed by atoms with Crippen LogP contribution in [0.4, 0.5) is 0 Å². The summed E-state index contributed by atoms with van der Waals surface area (Å²) in [6.07, 6.45) is -0.981. The number of hydrogen-bond acceptors (Lipinski definition) is 7. The molecule has 1 aliphatic heterocycles. The van der Waals surface area contributed by atoms with E-state index in [2.05, 4.69) is 11.6 Å². The van der Waals surface area contributed by atoms with Crippen molar-refractivity contribution in [3.63, 3.8) is 0 Å². The van der Waals surface area contributed by atoms with Crippen LogP contribution < -0.4 is 4.72 Å². The summed E-state index contributed by atoms with van der Waals surface area (Å²) in [5.74, 6) is 0.964. The lowest BCUT2D eigenvalue weighted by Crippen LogP contribution is -2.38. The molecule has 4 aromatic rings. The fourth-order valence-corrected chi connectivity index (χ4v) is 6.79. The molecule has 9 heteroatoms. The molecule has 3 N–H and O–H groups in total. The van der Waals surface area contributed by atoms with Crippen LogP contribution in [0.1, 0.15) is 41.6 Å². The van der Waals surface area contributed by atoms with Crippen molar-refractivity contribution < 1.29 is 28.1 Å². The van der Waals surface area contributed by atoms with E-state index in [0.29, 0.717) is 5.75 Å². The molecule has 1 aliphatic rings. The predicted octanol–water partition coefficient (Wildman–Crippen LogP) is 5.95. The number of aliphatic hydroxyl groups excluding tert-OH is 1. The highest BCUT2D eigenvalue weighted by Gasteiger charge is 2.38. The van der Waals surface area contributed by atoms with Crippen molar-refractivity contribution in [1.29, 1.82) is 0 Å². The van der Waals surface area contributed by atoms with E-state index >= 15 is 0 Å². The lowest BCUT2D eigenvalue weighted by atomic mass is 9.91. The molecular weight excluding hydrogens is 558 g/mol. The van der Waals surface area contributed by atoms with Crippen molar-refractivity contribution in [2.24, 2.45) is 5.92 Å². The summed E-state index contributed by atoms with van der Waals surface area (Å²) < 4.78 is 40.9. The van der Waals surface area contributed by atoms with E-state index in [1.807, 2.05) is 60.7 Å². The second-order valence-electron chi connectivity index (χ2n) is 10.0. The van der Waals surface area contributed by atoms with Gasteiger partial charge in [0, 0.05) is 28.7 Å². The fraction of sp³-hybridized carbons (Fsp3) is 0.250. The average molecular weight is 592 g/mol. The average Bonchev–Trinajstić information content (AvgIpc) is 3.01. The van der Waals surface area contributed by atoms with Gasteiger partial charge < -0.3 is 19.7 Å². The number of aromatic hydroxyl groups is 1. The van der Waals surface area contributed by atoms with Gasteiger partial charge in [0.25, 0.3) is 0 Å². The van der Waals surface area contributed by atoms with Gasteiger partial charge in [-0.25, -0.2) is 13.1 Å². The van der Waals surface area contributed by atoms with Crippen LogP contribution in [-0.2, 0) is 32.6 Å². The highest BCUT2D eigenvalue weighted by atomic mass is 32.2. The molecule has 0 saturated carbocycles. The molecule has 4 aromatic carbocycles. The number of thioether (sulfide) groups is 1. The second-order valence-corrected chi connectivity index (χ2v) is 12.9. The Hall–Kier alpha value is -3.18. The highest BCUT2D eigenvalue weighted by molar-refractivity contribution is 7.99. The van der Waals surface area contributed by atoms with Crippen LogP contribution >= 0.6 is 11.8 Å². The smallest absolute Gasteiger partial charge is 0.240 e. The van der Waals surface area contributed by atoms with E-state index in [1.165, 1.54) is 0 Å². The minimum atomic E-state index is -3.61. The normalized spacial score (nSPS) is 21.0. The largest absolute Gasteiger partial charge is 0.508 e. The molecule has 4 unspecified atom stereocenters. The number of phenolic OH excluding ortho intramolecular Hbond substituents is 1. The molecule has 0 bridgehead atoms. The maximum atomic E-state index is 12.6. The van der Waals surface area contributed by atoms with E-state index in [9.17, 15) is 18.6 Å². The van der Waals surface area contributed by atoms with Gasteiger partial charge in [0.2, 0.25) is 10.0 Å². The topological polar surface area (TPSA) is 105 Å². The zero-order chi connectivity index (χ0) is 28.8. The Kier molecular flexibility index (Phi) is 9.44.